The SMILES string of the molecule is COC(=O)c1ccc(C)c(NC(=O)c2ccc(N(Cc3ccccc3C)S(C)(=O)=O)cc2)c1. The van der Waals surface area contributed by atoms with Crippen molar-refractivity contribution < 1.29 is 22.7 Å². The van der Waals surface area contributed by atoms with Crippen molar-refractivity contribution in [2.45, 2.75) is 20.4 Å². The van der Waals surface area contributed by atoms with E-state index >= 15 is 0 Å². The van der Waals surface area contributed by atoms with E-state index in [9.17, 15) is 18.0 Å². The second kappa shape index (κ2) is 9.87. The molecule has 8 heteroatoms. The van der Waals surface area contributed by atoms with Crippen LogP contribution in [-0.4, -0.2) is 33.7 Å². The smallest absolute Gasteiger partial charge is 0.337 e. The highest BCUT2D eigenvalue weighted by atomic mass is 32.2. The number of sulfonamides is 1. The summed E-state index contributed by atoms with van der Waals surface area (Å²) in [5, 5.41) is 2.79. The van der Waals surface area contributed by atoms with Gasteiger partial charge in [0.25, 0.3) is 5.91 Å². The van der Waals surface area contributed by atoms with Crippen molar-refractivity contribution in [1.82, 2.24) is 0 Å². The molecule has 0 saturated carbocycles. The molecule has 172 valence electrons. The summed E-state index contributed by atoms with van der Waals surface area (Å²) in [5.41, 5.74) is 4.30. The van der Waals surface area contributed by atoms with Crippen LogP contribution in [0.1, 0.15) is 37.4 Å². The zero-order valence-corrected chi connectivity index (χ0v) is 19.8. The third-order valence-corrected chi connectivity index (χ3v) is 6.44. The monoisotopic (exact) mass is 466 g/mol. The molecule has 1 N–H and O–H groups in total. The largest absolute Gasteiger partial charge is 0.465 e. The van der Waals surface area contributed by atoms with Crippen molar-refractivity contribution in [3.63, 3.8) is 0 Å². The van der Waals surface area contributed by atoms with Crippen LogP contribution in [0.15, 0.2) is 66.7 Å². The number of ether oxygens (including phenoxy) is 1. The van der Waals surface area contributed by atoms with Crippen molar-refractivity contribution in [3.05, 3.63) is 94.5 Å². The molecule has 0 saturated heterocycles. The number of esters is 1. The minimum Gasteiger partial charge on any atom is -0.465 e. The molecule has 0 spiro atoms. The third-order valence-electron chi connectivity index (χ3n) is 5.30. The van der Waals surface area contributed by atoms with Crippen LogP contribution in [0.25, 0.3) is 0 Å². The van der Waals surface area contributed by atoms with Gasteiger partial charge in [0.15, 0.2) is 0 Å². The molecule has 0 fully saturated rings. The van der Waals surface area contributed by atoms with Gasteiger partial charge in [-0.25, -0.2) is 13.2 Å². The highest BCUT2D eigenvalue weighted by molar-refractivity contribution is 7.92. The van der Waals surface area contributed by atoms with E-state index < -0.39 is 16.0 Å². The molecular formula is C25H26N2O5S. The molecule has 7 nitrogen and oxygen atoms in total. The van der Waals surface area contributed by atoms with Gasteiger partial charge in [-0.1, -0.05) is 30.3 Å². The van der Waals surface area contributed by atoms with Crippen LogP contribution in [-0.2, 0) is 21.3 Å². The highest BCUT2D eigenvalue weighted by Gasteiger charge is 2.19. The zero-order chi connectivity index (χ0) is 24.2. The Morgan fingerprint density at radius 3 is 2.15 bits per heavy atom. The summed E-state index contributed by atoms with van der Waals surface area (Å²) < 4.78 is 31.0. The lowest BCUT2D eigenvalue weighted by atomic mass is 10.1. The summed E-state index contributed by atoms with van der Waals surface area (Å²) in [7, 11) is -2.25. The predicted molar refractivity (Wildman–Crippen MR) is 129 cm³/mol. The maximum atomic E-state index is 12.8. The Kier molecular flexibility index (Phi) is 7.18. The Labute approximate surface area is 194 Å². The zero-order valence-electron chi connectivity index (χ0n) is 19.0. The van der Waals surface area contributed by atoms with Gasteiger partial charge >= 0.3 is 5.97 Å². The quantitative estimate of drug-likeness (QED) is 0.524. The van der Waals surface area contributed by atoms with Crippen LogP contribution in [0, 0.1) is 13.8 Å². The summed E-state index contributed by atoms with van der Waals surface area (Å²) in [4.78, 5) is 24.5. The molecule has 0 bridgehead atoms. The number of benzene rings is 3. The number of carbonyl (C=O) groups is 2. The van der Waals surface area contributed by atoms with Gasteiger partial charge in [0.1, 0.15) is 0 Å². The van der Waals surface area contributed by atoms with E-state index in [0.717, 1.165) is 22.9 Å². The fourth-order valence-electron chi connectivity index (χ4n) is 3.32. The lowest BCUT2D eigenvalue weighted by Crippen LogP contribution is -2.29. The molecular weight excluding hydrogens is 440 g/mol. The van der Waals surface area contributed by atoms with E-state index in [-0.39, 0.29) is 12.5 Å². The van der Waals surface area contributed by atoms with Gasteiger partial charge in [0, 0.05) is 11.3 Å². The standard InChI is InChI=1S/C25H26N2O5S/c1-17-7-5-6-8-21(17)16-27(33(4,30)31)22-13-11-19(12-14-22)24(28)26-23-15-20(25(29)32-3)10-9-18(23)2/h5-15H,16H2,1-4H3,(H,26,28). The van der Waals surface area contributed by atoms with Crippen LogP contribution in [0.2, 0.25) is 0 Å². The summed E-state index contributed by atoms with van der Waals surface area (Å²) in [6, 6.07) is 18.8. The summed E-state index contributed by atoms with van der Waals surface area (Å²) in [6.45, 7) is 3.94. The average molecular weight is 467 g/mol. The summed E-state index contributed by atoms with van der Waals surface area (Å²) in [5.74, 6) is -0.874. The molecule has 0 unspecified atom stereocenters. The number of nitrogens with one attached hydrogen (secondary N) is 1. The molecule has 1 amide bonds. The number of nitrogens with zero attached hydrogens (tertiary/aromatic N) is 1. The maximum absolute atomic E-state index is 12.8. The molecule has 3 rings (SSSR count). The number of carbonyl (C=O) groups excluding carboxylic acids is 2. The molecule has 0 atom stereocenters. The normalized spacial score (nSPS) is 11.0. The molecule has 0 radical (unpaired) electrons. The first-order valence-corrected chi connectivity index (χ1v) is 12.1. The average Bonchev–Trinajstić information content (AvgIpc) is 2.78. The van der Waals surface area contributed by atoms with Gasteiger partial charge in [-0.15, -0.1) is 0 Å². The number of hydrogen-bond acceptors (Lipinski definition) is 5. The third kappa shape index (κ3) is 5.78. The van der Waals surface area contributed by atoms with Crippen LogP contribution >= 0.6 is 0 Å². The van der Waals surface area contributed by atoms with Gasteiger partial charge in [0.2, 0.25) is 10.0 Å². The van der Waals surface area contributed by atoms with E-state index in [1.54, 1.807) is 42.5 Å². The van der Waals surface area contributed by atoms with Crippen LogP contribution in [0.5, 0.6) is 0 Å². The molecule has 3 aromatic carbocycles. The first-order valence-electron chi connectivity index (χ1n) is 10.2. The predicted octanol–water partition coefficient (Wildman–Crippen LogP) is 4.31. The first-order chi connectivity index (χ1) is 15.6. The molecule has 0 heterocycles. The van der Waals surface area contributed by atoms with E-state index in [0.29, 0.717) is 22.5 Å². The van der Waals surface area contributed by atoms with Gasteiger partial charge in [-0.3, -0.25) is 9.10 Å². The molecule has 0 aliphatic heterocycles. The van der Waals surface area contributed by atoms with Gasteiger partial charge in [-0.05, 0) is 66.9 Å². The Morgan fingerprint density at radius 1 is 0.909 bits per heavy atom. The molecule has 3 aromatic rings. The fraction of sp³-hybridized carbons (Fsp3) is 0.200. The van der Waals surface area contributed by atoms with Crippen LogP contribution in [0.3, 0.4) is 0 Å². The first kappa shape index (κ1) is 24.0. The Hall–Kier alpha value is -3.65. The topological polar surface area (TPSA) is 92.8 Å². The highest BCUT2D eigenvalue weighted by Crippen LogP contribution is 2.24. The lowest BCUT2D eigenvalue weighted by molar-refractivity contribution is 0.0600. The minimum atomic E-state index is -3.55. The molecule has 33 heavy (non-hydrogen) atoms. The fourth-order valence-corrected chi connectivity index (χ4v) is 4.20. The summed E-state index contributed by atoms with van der Waals surface area (Å²) >= 11 is 0. The minimum absolute atomic E-state index is 0.191. The van der Waals surface area contributed by atoms with Gasteiger partial charge in [-0.2, -0.15) is 0 Å². The van der Waals surface area contributed by atoms with E-state index in [4.69, 9.17) is 4.74 Å². The number of anilines is 2. The molecule has 0 aromatic heterocycles. The summed E-state index contributed by atoms with van der Waals surface area (Å²) in [6.07, 6.45) is 1.16. The second-order valence-corrected chi connectivity index (χ2v) is 9.63. The van der Waals surface area contributed by atoms with Gasteiger partial charge < -0.3 is 10.1 Å². The van der Waals surface area contributed by atoms with Crippen molar-refractivity contribution in [2.24, 2.45) is 0 Å². The van der Waals surface area contributed by atoms with Crippen LogP contribution < -0.4 is 9.62 Å². The second-order valence-electron chi connectivity index (χ2n) is 7.72. The maximum Gasteiger partial charge on any atom is 0.337 e. The number of aryl methyl sites for hydroxylation is 2. The number of hydrogen-bond donors (Lipinski definition) is 1. The Bertz CT molecular complexity index is 1280. The van der Waals surface area contributed by atoms with Crippen molar-refractivity contribution in [1.29, 1.82) is 0 Å². The van der Waals surface area contributed by atoms with Crippen molar-refractivity contribution in [2.75, 3.05) is 23.0 Å². The Balaban J connectivity index is 1.83. The number of rotatable bonds is 7. The molecule has 0 aliphatic carbocycles. The number of methoxy groups -OCH3 is 1. The van der Waals surface area contributed by atoms with Gasteiger partial charge in [0.05, 0.1) is 31.2 Å². The Morgan fingerprint density at radius 2 is 1.55 bits per heavy atom. The van der Waals surface area contributed by atoms with E-state index in [1.807, 2.05) is 38.1 Å². The van der Waals surface area contributed by atoms with Crippen LogP contribution in [0.4, 0.5) is 11.4 Å². The molecule has 0 aliphatic rings. The number of amides is 1. The van der Waals surface area contributed by atoms with E-state index in [1.165, 1.54) is 11.4 Å². The van der Waals surface area contributed by atoms with Crippen molar-refractivity contribution >= 4 is 33.3 Å². The van der Waals surface area contributed by atoms with Crippen molar-refractivity contribution in [3.8, 4) is 0 Å². The lowest BCUT2D eigenvalue weighted by Gasteiger charge is -2.23. The van der Waals surface area contributed by atoms with E-state index in [2.05, 4.69) is 5.32 Å².